The van der Waals surface area contributed by atoms with Gasteiger partial charge in [-0.25, -0.2) is 4.98 Å². The van der Waals surface area contributed by atoms with E-state index in [0.29, 0.717) is 32.3 Å². The molecule has 7 nitrogen and oxygen atoms in total. The number of pyridine rings is 1. The van der Waals surface area contributed by atoms with Crippen LogP contribution in [0.1, 0.15) is 19.4 Å². The monoisotopic (exact) mass is 497 g/mol. The van der Waals surface area contributed by atoms with Gasteiger partial charge in [0.15, 0.2) is 5.65 Å². The minimum absolute atomic E-state index is 0.284. The zero-order valence-corrected chi connectivity index (χ0v) is 20.7. The highest BCUT2D eigenvalue weighted by Gasteiger charge is 2.18. The van der Waals surface area contributed by atoms with Gasteiger partial charge in [-0.3, -0.25) is 9.69 Å². The van der Waals surface area contributed by atoms with Crippen molar-refractivity contribution in [1.29, 1.82) is 0 Å². The van der Waals surface area contributed by atoms with E-state index < -0.39 is 0 Å². The van der Waals surface area contributed by atoms with Gasteiger partial charge in [-0.15, -0.1) is 4.73 Å². The highest BCUT2D eigenvalue weighted by Crippen LogP contribution is 2.37. The summed E-state index contributed by atoms with van der Waals surface area (Å²) in [5.74, 6) is 0.284. The van der Waals surface area contributed by atoms with Gasteiger partial charge in [-0.1, -0.05) is 55.2 Å². The fourth-order valence-electron chi connectivity index (χ4n) is 3.77. The smallest absolute Gasteiger partial charge is 0.285 e. The molecule has 0 radical (unpaired) electrons. The Bertz CT molecular complexity index is 1350. The largest absolute Gasteiger partial charge is 0.412 e. The zero-order valence-electron chi connectivity index (χ0n) is 19.2. The number of anilines is 2. The van der Waals surface area contributed by atoms with Crippen LogP contribution in [0.15, 0.2) is 59.4 Å². The van der Waals surface area contributed by atoms with Gasteiger partial charge in [0.25, 0.3) is 5.56 Å². The molecule has 0 spiro atoms. The van der Waals surface area contributed by atoms with Crippen molar-refractivity contribution in [2.24, 2.45) is 0 Å². The molecule has 0 fully saturated rings. The van der Waals surface area contributed by atoms with E-state index in [-0.39, 0.29) is 11.5 Å². The molecule has 0 amide bonds. The molecule has 0 unspecified atom stereocenters. The summed E-state index contributed by atoms with van der Waals surface area (Å²) in [6, 6.07) is 16.4. The SMILES string of the molecule is CCN(CC)Cc1ccc(Nc2nc(-c3c(Cl)cccc3Cl)c3ccc(=O)n(OC)c3n2)cc1. The average molecular weight is 498 g/mol. The summed E-state index contributed by atoms with van der Waals surface area (Å²) < 4.78 is 1.11. The van der Waals surface area contributed by atoms with Crippen LogP contribution in [0.3, 0.4) is 0 Å². The number of aromatic nitrogens is 3. The molecule has 2 aromatic carbocycles. The Morgan fingerprint density at radius 3 is 2.26 bits per heavy atom. The molecule has 0 saturated heterocycles. The molecule has 0 bridgehead atoms. The third-order valence-corrected chi connectivity index (χ3v) is 6.23. The molecule has 0 atom stereocenters. The maximum Gasteiger partial charge on any atom is 0.285 e. The second-order valence-electron chi connectivity index (χ2n) is 7.66. The van der Waals surface area contributed by atoms with E-state index >= 15 is 0 Å². The Morgan fingerprint density at radius 2 is 1.65 bits per heavy atom. The summed E-state index contributed by atoms with van der Waals surface area (Å²) in [6.45, 7) is 7.18. The highest BCUT2D eigenvalue weighted by atomic mass is 35.5. The summed E-state index contributed by atoms with van der Waals surface area (Å²) in [6.07, 6.45) is 0. The van der Waals surface area contributed by atoms with Crippen LogP contribution in [0.5, 0.6) is 0 Å². The van der Waals surface area contributed by atoms with E-state index in [1.54, 1.807) is 24.3 Å². The van der Waals surface area contributed by atoms with E-state index in [9.17, 15) is 4.79 Å². The normalized spacial score (nSPS) is 11.2. The van der Waals surface area contributed by atoms with Crippen molar-refractivity contribution in [2.75, 3.05) is 25.5 Å². The Hall–Kier alpha value is -3.13. The van der Waals surface area contributed by atoms with Gasteiger partial charge in [0.05, 0.1) is 15.7 Å². The van der Waals surface area contributed by atoms with Gasteiger partial charge in [-0.05, 0) is 49.0 Å². The first kappa shape index (κ1) is 24.0. The van der Waals surface area contributed by atoms with Crippen LogP contribution < -0.4 is 15.7 Å². The summed E-state index contributed by atoms with van der Waals surface area (Å²) in [7, 11) is 1.41. The first-order valence-corrected chi connectivity index (χ1v) is 11.7. The number of hydrogen-bond donors (Lipinski definition) is 1. The molecule has 0 saturated carbocycles. The molecule has 4 rings (SSSR count). The predicted octanol–water partition coefficient (Wildman–Crippen LogP) is 5.41. The molecule has 0 aliphatic heterocycles. The molecule has 9 heteroatoms. The Labute approximate surface area is 207 Å². The molecule has 0 aliphatic carbocycles. The van der Waals surface area contributed by atoms with E-state index in [1.807, 2.05) is 12.1 Å². The third-order valence-electron chi connectivity index (χ3n) is 5.60. The van der Waals surface area contributed by atoms with Crippen LogP contribution in [0.4, 0.5) is 11.6 Å². The van der Waals surface area contributed by atoms with Crippen LogP contribution in [0.2, 0.25) is 10.0 Å². The van der Waals surface area contributed by atoms with E-state index in [2.05, 4.69) is 41.2 Å². The summed E-state index contributed by atoms with van der Waals surface area (Å²) in [5.41, 5.74) is 3.02. The molecular weight excluding hydrogens is 473 g/mol. The zero-order chi connectivity index (χ0) is 24.2. The van der Waals surface area contributed by atoms with Crippen LogP contribution in [-0.4, -0.2) is 39.8 Å². The first-order valence-electron chi connectivity index (χ1n) is 11.0. The number of hydrogen-bond acceptors (Lipinski definition) is 6. The van der Waals surface area contributed by atoms with Gasteiger partial charge in [0.1, 0.15) is 7.11 Å². The van der Waals surface area contributed by atoms with Crippen LogP contribution in [-0.2, 0) is 6.54 Å². The van der Waals surface area contributed by atoms with Crippen molar-refractivity contribution in [1.82, 2.24) is 19.6 Å². The lowest BCUT2D eigenvalue weighted by Crippen LogP contribution is -2.25. The van der Waals surface area contributed by atoms with Gasteiger partial charge >= 0.3 is 0 Å². The van der Waals surface area contributed by atoms with Crippen molar-refractivity contribution in [3.8, 4) is 11.3 Å². The van der Waals surface area contributed by atoms with E-state index in [0.717, 1.165) is 30.1 Å². The van der Waals surface area contributed by atoms with Gasteiger partial charge in [0, 0.05) is 29.2 Å². The average Bonchev–Trinajstić information content (AvgIpc) is 2.83. The predicted molar refractivity (Wildman–Crippen MR) is 138 cm³/mol. The third kappa shape index (κ3) is 4.87. The maximum atomic E-state index is 12.4. The molecular formula is C25H25Cl2N5O2. The molecule has 4 aromatic rings. The topological polar surface area (TPSA) is 72.3 Å². The summed E-state index contributed by atoms with van der Waals surface area (Å²) in [4.78, 5) is 29.3. The minimum Gasteiger partial charge on any atom is -0.412 e. The molecule has 2 heterocycles. The Kier molecular flexibility index (Phi) is 7.36. The van der Waals surface area contributed by atoms with Crippen LogP contribution in [0.25, 0.3) is 22.3 Å². The van der Waals surface area contributed by atoms with Crippen molar-refractivity contribution in [3.63, 3.8) is 0 Å². The number of rotatable bonds is 8. The van der Waals surface area contributed by atoms with Crippen molar-refractivity contribution < 1.29 is 4.84 Å². The number of benzene rings is 2. The lowest BCUT2D eigenvalue weighted by Gasteiger charge is -2.18. The van der Waals surface area contributed by atoms with Crippen molar-refractivity contribution in [3.05, 3.63) is 80.6 Å². The molecule has 34 heavy (non-hydrogen) atoms. The van der Waals surface area contributed by atoms with Gasteiger partial charge < -0.3 is 10.2 Å². The van der Waals surface area contributed by atoms with Crippen molar-refractivity contribution >= 4 is 45.9 Å². The number of halogens is 2. The molecule has 176 valence electrons. The van der Waals surface area contributed by atoms with Crippen LogP contribution >= 0.6 is 23.2 Å². The number of nitrogens with zero attached hydrogens (tertiary/aromatic N) is 4. The second-order valence-corrected chi connectivity index (χ2v) is 8.48. The fraction of sp³-hybridized carbons (Fsp3) is 0.240. The lowest BCUT2D eigenvalue weighted by molar-refractivity contribution is 0.167. The van der Waals surface area contributed by atoms with Crippen molar-refractivity contribution in [2.45, 2.75) is 20.4 Å². The second kappa shape index (κ2) is 10.4. The van der Waals surface area contributed by atoms with E-state index in [1.165, 1.54) is 18.7 Å². The summed E-state index contributed by atoms with van der Waals surface area (Å²) >= 11 is 13.0. The minimum atomic E-state index is -0.350. The standard InChI is InChI=1S/C25H25Cl2N5O2/c1-4-31(5-2)15-16-9-11-17(12-10-16)28-25-29-23(22-19(26)7-6-8-20(22)27)18-13-14-21(33)32(34-3)24(18)30-25/h6-14H,4-5,15H2,1-3H3,(H,28,29,30). The van der Waals surface area contributed by atoms with Gasteiger partial charge in [-0.2, -0.15) is 4.98 Å². The molecule has 2 aromatic heterocycles. The Balaban J connectivity index is 1.80. The molecule has 1 N–H and O–H groups in total. The highest BCUT2D eigenvalue weighted by molar-refractivity contribution is 6.39. The fourth-order valence-corrected chi connectivity index (χ4v) is 4.34. The summed E-state index contributed by atoms with van der Waals surface area (Å²) in [5, 5.41) is 4.69. The Morgan fingerprint density at radius 1 is 0.971 bits per heavy atom. The lowest BCUT2D eigenvalue weighted by atomic mass is 10.1. The maximum absolute atomic E-state index is 12.4. The molecule has 0 aliphatic rings. The van der Waals surface area contributed by atoms with Crippen LogP contribution in [0, 0.1) is 0 Å². The van der Waals surface area contributed by atoms with Gasteiger partial charge in [0.2, 0.25) is 5.95 Å². The number of fused-ring (bicyclic) bond motifs is 1. The number of nitrogens with one attached hydrogen (secondary N) is 1. The van der Waals surface area contributed by atoms with E-state index in [4.69, 9.17) is 33.0 Å². The quantitative estimate of drug-likeness (QED) is 0.350. The first-order chi connectivity index (χ1) is 16.4.